The molecule has 1 atom stereocenters. The van der Waals surface area contributed by atoms with Crippen LogP contribution >= 0.6 is 30.0 Å². The van der Waals surface area contributed by atoms with Gasteiger partial charge in [0.2, 0.25) is 0 Å². The first kappa shape index (κ1) is 7.80. The second kappa shape index (κ2) is 6.80. The fourth-order valence-corrected chi connectivity index (χ4v) is 2.25. The van der Waals surface area contributed by atoms with Gasteiger partial charge in [-0.05, 0) is 6.26 Å². The minimum Gasteiger partial charge on any atom is -0.0974 e. The molecule has 1 nitrogen and oxygen atoms in total. The van der Waals surface area contributed by atoms with Gasteiger partial charge in [-0.3, -0.25) is 0 Å². The lowest BCUT2D eigenvalue weighted by molar-refractivity contribution is 0.599. The van der Waals surface area contributed by atoms with E-state index in [1.54, 1.807) is 21.6 Å². The molecule has 0 saturated heterocycles. The van der Waals surface area contributed by atoms with E-state index in [2.05, 4.69) is 0 Å². The molecule has 0 aromatic rings. The van der Waals surface area contributed by atoms with E-state index in [0.717, 1.165) is 11.9 Å². The van der Waals surface area contributed by atoms with Crippen LogP contribution in [0.15, 0.2) is 0 Å². The molecule has 0 rings (SSSR count). The van der Waals surface area contributed by atoms with E-state index in [0.29, 0.717) is 0 Å². The number of hydrogen-bond donors (Lipinski definition) is 0. The minimum absolute atomic E-state index is 0.117. The Balaban J connectivity index is 2.56. The molecule has 4 heteroatoms. The van der Waals surface area contributed by atoms with Crippen molar-refractivity contribution < 1.29 is 4.57 Å². The third kappa shape index (κ3) is 6.80. The van der Waals surface area contributed by atoms with Gasteiger partial charge in [0.25, 0.3) is 0 Å². The molecular weight excluding hydrogens is 147 g/mol. The second-order valence-corrected chi connectivity index (χ2v) is 4.36. The van der Waals surface area contributed by atoms with Crippen LogP contribution in [0.25, 0.3) is 0 Å². The van der Waals surface area contributed by atoms with Gasteiger partial charge in [-0.2, -0.15) is 0 Å². The molecule has 0 aliphatic carbocycles. The van der Waals surface area contributed by atoms with Gasteiger partial charge < -0.3 is 0 Å². The molecule has 0 fully saturated rings. The third-order valence-corrected chi connectivity index (χ3v) is 3.04. The first-order valence-electron chi connectivity index (χ1n) is 1.92. The number of hydrogen-bond acceptors (Lipinski definition) is 3. The highest BCUT2D eigenvalue weighted by molar-refractivity contribution is 8.76. The molecule has 0 spiro atoms. The summed E-state index contributed by atoms with van der Waals surface area (Å²) in [6, 6.07) is 0. The first-order valence-corrected chi connectivity index (χ1v) is 5.76. The Hall–Kier alpha value is 0.800. The van der Waals surface area contributed by atoms with Crippen molar-refractivity contribution in [3.8, 4) is 0 Å². The SMILES string of the molecule is CSSCC[PH+]=O. The molecule has 0 aromatic carbocycles. The summed E-state index contributed by atoms with van der Waals surface area (Å²) in [6.45, 7) is 0. The predicted octanol–water partition coefficient (Wildman–Crippen LogP) is 2.02. The lowest BCUT2D eigenvalue weighted by atomic mass is 11.0. The van der Waals surface area contributed by atoms with E-state index >= 15 is 0 Å². The monoisotopic (exact) mass is 155 g/mol. The summed E-state index contributed by atoms with van der Waals surface area (Å²) in [4.78, 5) is 0. The smallest absolute Gasteiger partial charge is 0.0974 e. The summed E-state index contributed by atoms with van der Waals surface area (Å²) in [5.41, 5.74) is 0. The van der Waals surface area contributed by atoms with Gasteiger partial charge in [0.15, 0.2) is 6.16 Å². The van der Waals surface area contributed by atoms with Crippen molar-refractivity contribution in [3.05, 3.63) is 0 Å². The van der Waals surface area contributed by atoms with Gasteiger partial charge in [0.1, 0.15) is 0 Å². The molecule has 0 N–H and O–H groups in total. The van der Waals surface area contributed by atoms with E-state index in [1.807, 2.05) is 6.26 Å². The maximum absolute atomic E-state index is 9.81. The van der Waals surface area contributed by atoms with E-state index in [1.165, 1.54) is 0 Å². The van der Waals surface area contributed by atoms with Crippen molar-refractivity contribution in [3.63, 3.8) is 0 Å². The van der Waals surface area contributed by atoms with Crippen molar-refractivity contribution in [1.82, 2.24) is 0 Å². The molecule has 0 aliphatic rings. The van der Waals surface area contributed by atoms with Crippen molar-refractivity contribution >= 4 is 30.0 Å². The van der Waals surface area contributed by atoms with E-state index < -0.39 is 0 Å². The van der Waals surface area contributed by atoms with Crippen LogP contribution in [0.3, 0.4) is 0 Å². The van der Waals surface area contributed by atoms with E-state index in [4.69, 9.17) is 0 Å². The second-order valence-electron chi connectivity index (χ2n) is 0.883. The van der Waals surface area contributed by atoms with E-state index in [9.17, 15) is 4.57 Å². The van der Waals surface area contributed by atoms with Gasteiger partial charge >= 0.3 is 8.46 Å². The Morgan fingerprint density at radius 3 is 2.86 bits per heavy atom. The Morgan fingerprint density at radius 1 is 1.71 bits per heavy atom. The van der Waals surface area contributed by atoms with Crippen LogP contribution in [0.1, 0.15) is 0 Å². The molecule has 0 aromatic heterocycles. The van der Waals surface area contributed by atoms with Crippen molar-refractivity contribution in [2.45, 2.75) is 0 Å². The highest BCUT2D eigenvalue weighted by Gasteiger charge is 1.88. The Labute approximate surface area is 53.2 Å². The molecule has 0 aliphatic heterocycles. The minimum atomic E-state index is -0.117. The number of rotatable bonds is 4. The van der Waals surface area contributed by atoms with Crippen LogP contribution in [0.5, 0.6) is 0 Å². The quantitative estimate of drug-likeness (QED) is 0.351. The van der Waals surface area contributed by atoms with Crippen LogP contribution in [0.2, 0.25) is 0 Å². The fourth-order valence-electron chi connectivity index (χ4n) is 0.167. The molecule has 0 bridgehead atoms. The van der Waals surface area contributed by atoms with Gasteiger partial charge in [0, 0.05) is 5.75 Å². The molecule has 0 amide bonds. The third-order valence-electron chi connectivity index (χ3n) is 0.405. The van der Waals surface area contributed by atoms with Crippen LogP contribution in [0, 0.1) is 0 Å². The van der Waals surface area contributed by atoms with Crippen LogP contribution < -0.4 is 0 Å². The summed E-state index contributed by atoms with van der Waals surface area (Å²) in [6.07, 6.45) is 2.87. The van der Waals surface area contributed by atoms with Gasteiger partial charge in [-0.25, -0.2) is 0 Å². The van der Waals surface area contributed by atoms with Crippen molar-refractivity contribution in [1.29, 1.82) is 0 Å². The Morgan fingerprint density at radius 2 is 2.43 bits per heavy atom. The standard InChI is InChI=1S/C3H7OPS2/c1-6-7-3-2-5-4/h2-3H2,1H3/p+1. The molecule has 0 radical (unpaired) electrons. The summed E-state index contributed by atoms with van der Waals surface area (Å²) in [7, 11) is 3.36. The average Bonchev–Trinajstić information content (AvgIpc) is 1.69. The fraction of sp³-hybridized carbons (Fsp3) is 1.00. The largest absolute Gasteiger partial charge is 0.325 e. The maximum atomic E-state index is 9.81. The summed E-state index contributed by atoms with van der Waals surface area (Å²) in [5, 5.41) is 0. The molecular formula is C3H8OPS2+. The van der Waals surface area contributed by atoms with Gasteiger partial charge in [-0.1, -0.05) is 26.2 Å². The average molecular weight is 155 g/mol. The zero-order valence-corrected chi connectivity index (χ0v) is 6.77. The van der Waals surface area contributed by atoms with E-state index in [-0.39, 0.29) is 8.46 Å². The highest BCUT2D eigenvalue weighted by atomic mass is 33.1. The zero-order chi connectivity index (χ0) is 5.54. The van der Waals surface area contributed by atoms with Crippen LogP contribution in [-0.2, 0) is 4.57 Å². The van der Waals surface area contributed by atoms with Crippen LogP contribution in [-0.4, -0.2) is 18.2 Å². The van der Waals surface area contributed by atoms with Gasteiger partial charge in [0.05, 0.1) is 0 Å². The maximum Gasteiger partial charge on any atom is 0.325 e. The highest BCUT2D eigenvalue weighted by Crippen LogP contribution is 2.17. The molecule has 7 heavy (non-hydrogen) atoms. The Bertz CT molecular complexity index is 50.2. The first-order chi connectivity index (χ1) is 3.41. The predicted molar refractivity (Wildman–Crippen MR) is 39.8 cm³/mol. The summed E-state index contributed by atoms with van der Waals surface area (Å²) < 4.78 is 9.81. The lowest BCUT2D eigenvalue weighted by Gasteiger charge is -1.81. The Kier molecular flexibility index (Phi) is 7.58. The molecule has 42 valence electrons. The summed E-state index contributed by atoms with van der Waals surface area (Å²) >= 11 is 0. The molecule has 0 heterocycles. The summed E-state index contributed by atoms with van der Waals surface area (Å²) in [5.74, 6) is 1.02. The lowest BCUT2D eigenvalue weighted by Crippen LogP contribution is -1.71. The normalized spacial score (nSPS) is 9.86. The van der Waals surface area contributed by atoms with Gasteiger partial charge in [-0.15, -0.1) is 0 Å². The zero-order valence-electron chi connectivity index (χ0n) is 4.14. The molecule has 0 saturated carbocycles. The topological polar surface area (TPSA) is 17.1 Å². The van der Waals surface area contributed by atoms with Crippen molar-refractivity contribution in [2.24, 2.45) is 0 Å². The van der Waals surface area contributed by atoms with Crippen molar-refractivity contribution in [2.75, 3.05) is 18.2 Å². The van der Waals surface area contributed by atoms with Crippen LogP contribution in [0.4, 0.5) is 0 Å². The molecule has 1 unspecified atom stereocenters.